The highest BCUT2D eigenvalue weighted by atomic mass is 16.5. The van der Waals surface area contributed by atoms with Crippen LogP contribution in [0, 0.1) is 11.3 Å². The Kier molecular flexibility index (Phi) is 5.35. The van der Waals surface area contributed by atoms with Gasteiger partial charge >= 0.3 is 0 Å². The number of nitrogens with zero attached hydrogens (tertiary/aromatic N) is 1. The zero-order chi connectivity index (χ0) is 12.7. The minimum atomic E-state index is -0.283. The van der Waals surface area contributed by atoms with Gasteiger partial charge in [-0.15, -0.1) is 0 Å². The minimum Gasteiger partial charge on any atom is -0.369 e. The molecule has 1 fully saturated rings. The highest BCUT2D eigenvalue weighted by Crippen LogP contribution is 2.15. The second-order valence-electron chi connectivity index (χ2n) is 4.58. The van der Waals surface area contributed by atoms with E-state index in [1.165, 1.54) is 0 Å². The van der Waals surface area contributed by atoms with E-state index in [0.717, 1.165) is 13.1 Å². The van der Waals surface area contributed by atoms with Crippen LogP contribution in [0.1, 0.15) is 13.8 Å². The highest BCUT2D eigenvalue weighted by Gasteiger charge is 2.28. The van der Waals surface area contributed by atoms with E-state index in [-0.39, 0.29) is 30.8 Å². The predicted octanol–water partition coefficient (Wildman–Crippen LogP) is -0.590. The molecule has 1 aliphatic heterocycles. The molecule has 6 heteroatoms. The Morgan fingerprint density at radius 2 is 2.47 bits per heavy atom. The smallest absolute Gasteiger partial charge is 0.246 e. The topological polar surface area (TPSA) is 83.4 Å². The van der Waals surface area contributed by atoms with Gasteiger partial charge in [0, 0.05) is 13.1 Å². The van der Waals surface area contributed by atoms with Crippen molar-refractivity contribution in [2.45, 2.75) is 25.6 Å². The van der Waals surface area contributed by atoms with Gasteiger partial charge in [0.15, 0.2) is 0 Å². The van der Waals surface area contributed by atoms with Gasteiger partial charge < -0.3 is 20.1 Å². The lowest BCUT2D eigenvalue weighted by atomic mass is 10.1. The SMILES string of the molecule is CC1(C)CNCC(COCC(=O)NCC#N)O1. The Morgan fingerprint density at radius 3 is 3.12 bits per heavy atom. The number of amides is 1. The zero-order valence-electron chi connectivity index (χ0n) is 10.3. The van der Waals surface area contributed by atoms with Crippen molar-refractivity contribution in [3.63, 3.8) is 0 Å². The molecule has 96 valence electrons. The molecule has 1 unspecified atom stereocenters. The maximum absolute atomic E-state index is 11.1. The average Bonchev–Trinajstić information content (AvgIpc) is 2.25. The fourth-order valence-corrected chi connectivity index (χ4v) is 1.63. The first-order chi connectivity index (χ1) is 8.03. The van der Waals surface area contributed by atoms with Crippen LogP contribution in [0.15, 0.2) is 0 Å². The summed E-state index contributed by atoms with van der Waals surface area (Å²) in [6.07, 6.45) is -0.0393. The van der Waals surface area contributed by atoms with Crippen LogP contribution in [-0.2, 0) is 14.3 Å². The molecule has 1 rings (SSSR count). The van der Waals surface area contributed by atoms with E-state index < -0.39 is 0 Å². The summed E-state index contributed by atoms with van der Waals surface area (Å²) in [4.78, 5) is 11.1. The standard InChI is InChI=1S/C11H19N3O3/c1-11(2)8-13-5-9(17-11)6-16-7-10(15)14-4-3-12/h9,13H,4-8H2,1-2H3,(H,14,15). The molecule has 1 atom stereocenters. The molecule has 0 bridgehead atoms. The molecule has 1 amide bonds. The van der Waals surface area contributed by atoms with Gasteiger partial charge in [-0.3, -0.25) is 4.79 Å². The van der Waals surface area contributed by atoms with Crippen LogP contribution in [0.2, 0.25) is 0 Å². The van der Waals surface area contributed by atoms with Crippen molar-refractivity contribution in [1.82, 2.24) is 10.6 Å². The predicted molar refractivity (Wildman–Crippen MR) is 61.3 cm³/mol. The number of carbonyl (C=O) groups excluding carboxylic acids is 1. The number of hydrogen-bond acceptors (Lipinski definition) is 5. The molecule has 0 aromatic heterocycles. The molecule has 0 aromatic rings. The Bertz CT molecular complexity index is 299. The van der Waals surface area contributed by atoms with Crippen molar-refractivity contribution in [2.75, 3.05) is 32.8 Å². The normalized spacial score (nSPS) is 22.8. The quantitative estimate of drug-likeness (QED) is 0.629. The van der Waals surface area contributed by atoms with Gasteiger partial charge in [-0.2, -0.15) is 5.26 Å². The van der Waals surface area contributed by atoms with E-state index in [9.17, 15) is 4.79 Å². The van der Waals surface area contributed by atoms with Gasteiger partial charge in [0.2, 0.25) is 5.91 Å². The molecule has 0 radical (unpaired) electrons. The van der Waals surface area contributed by atoms with Crippen molar-refractivity contribution in [3.8, 4) is 6.07 Å². The number of rotatable bonds is 5. The van der Waals surface area contributed by atoms with Gasteiger partial charge in [-0.1, -0.05) is 0 Å². The number of ether oxygens (including phenoxy) is 2. The number of carbonyl (C=O) groups is 1. The largest absolute Gasteiger partial charge is 0.369 e. The zero-order valence-corrected chi connectivity index (χ0v) is 10.3. The maximum atomic E-state index is 11.1. The summed E-state index contributed by atoms with van der Waals surface area (Å²) in [5.74, 6) is -0.283. The molecular formula is C11H19N3O3. The van der Waals surface area contributed by atoms with Crippen molar-refractivity contribution in [2.24, 2.45) is 0 Å². The van der Waals surface area contributed by atoms with Gasteiger partial charge in [-0.05, 0) is 13.8 Å². The first-order valence-electron chi connectivity index (χ1n) is 5.63. The Morgan fingerprint density at radius 1 is 1.71 bits per heavy atom. The molecule has 2 N–H and O–H groups in total. The average molecular weight is 241 g/mol. The van der Waals surface area contributed by atoms with E-state index >= 15 is 0 Å². The molecule has 1 aliphatic rings. The van der Waals surface area contributed by atoms with Gasteiger partial charge in [0.05, 0.1) is 24.4 Å². The fraction of sp³-hybridized carbons (Fsp3) is 0.818. The maximum Gasteiger partial charge on any atom is 0.246 e. The van der Waals surface area contributed by atoms with Crippen LogP contribution in [0.4, 0.5) is 0 Å². The fourth-order valence-electron chi connectivity index (χ4n) is 1.63. The van der Waals surface area contributed by atoms with E-state index in [0.29, 0.717) is 6.61 Å². The summed E-state index contributed by atoms with van der Waals surface area (Å²) in [5.41, 5.74) is -0.199. The van der Waals surface area contributed by atoms with E-state index in [4.69, 9.17) is 14.7 Å². The molecule has 1 heterocycles. The first-order valence-corrected chi connectivity index (χ1v) is 5.63. The summed E-state index contributed by atoms with van der Waals surface area (Å²) in [7, 11) is 0. The Hall–Kier alpha value is -1.16. The van der Waals surface area contributed by atoms with Crippen molar-refractivity contribution in [3.05, 3.63) is 0 Å². The molecule has 0 aliphatic carbocycles. The second kappa shape index (κ2) is 6.55. The van der Waals surface area contributed by atoms with E-state index in [1.807, 2.05) is 19.9 Å². The summed E-state index contributed by atoms with van der Waals surface area (Å²) < 4.78 is 11.0. The van der Waals surface area contributed by atoms with Gasteiger partial charge in [0.25, 0.3) is 0 Å². The summed E-state index contributed by atoms with van der Waals surface area (Å²) in [6.45, 7) is 5.89. The monoisotopic (exact) mass is 241 g/mol. The van der Waals surface area contributed by atoms with E-state index in [1.54, 1.807) is 0 Å². The van der Waals surface area contributed by atoms with Crippen LogP contribution in [0.3, 0.4) is 0 Å². The number of hydrogen-bond donors (Lipinski definition) is 2. The third-order valence-electron chi connectivity index (χ3n) is 2.31. The molecular weight excluding hydrogens is 222 g/mol. The summed E-state index contributed by atoms with van der Waals surface area (Å²) in [6, 6.07) is 1.83. The lowest BCUT2D eigenvalue weighted by Gasteiger charge is -2.36. The third kappa shape index (κ3) is 5.63. The van der Waals surface area contributed by atoms with Crippen LogP contribution in [0.25, 0.3) is 0 Å². The molecule has 6 nitrogen and oxygen atoms in total. The van der Waals surface area contributed by atoms with Gasteiger partial charge in [-0.25, -0.2) is 0 Å². The van der Waals surface area contributed by atoms with E-state index in [2.05, 4.69) is 10.6 Å². The number of nitriles is 1. The van der Waals surface area contributed by atoms with Crippen LogP contribution >= 0.6 is 0 Å². The third-order valence-corrected chi connectivity index (χ3v) is 2.31. The molecule has 0 aromatic carbocycles. The number of nitrogens with one attached hydrogen (secondary N) is 2. The Labute approximate surface area is 101 Å². The Balaban J connectivity index is 2.14. The minimum absolute atomic E-state index is 0.0106. The van der Waals surface area contributed by atoms with Gasteiger partial charge in [0.1, 0.15) is 13.2 Å². The first kappa shape index (κ1) is 13.9. The number of morpholine rings is 1. The van der Waals surface area contributed by atoms with Crippen molar-refractivity contribution < 1.29 is 14.3 Å². The molecule has 1 saturated heterocycles. The van der Waals surface area contributed by atoms with Crippen molar-refractivity contribution in [1.29, 1.82) is 5.26 Å². The summed E-state index contributed by atoms with van der Waals surface area (Å²) >= 11 is 0. The van der Waals surface area contributed by atoms with Crippen LogP contribution in [-0.4, -0.2) is 50.5 Å². The summed E-state index contributed by atoms with van der Waals surface area (Å²) in [5, 5.41) is 13.9. The lowest BCUT2D eigenvalue weighted by molar-refractivity contribution is -0.135. The molecule has 0 spiro atoms. The second-order valence-corrected chi connectivity index (χ2v) is 4.58. The lowest BCUT2D eigenvalue weighted by Crippen LogP contribution is -2.52. The van der Waals surface area contributed by atoms with Crippen LogP contribution < -0.4 is 10.6 Å². The van der Waals surface area contributed by atoms with Crippen molar-refractivity contribution >= 4 is 5.91 Å². The molecule has 17 heavy (non-hydrogen) atoms. The highest BCUT2D eigenvalue weighted by molar-refractivity contribution is 5.77. The molecule has 0 saturated carbocycles. The van der Waals surface area contributed by atoms with Crippen LogP contribution in [0.5, 0.6) is 0 Å².